The molecule has 8 nitrogen and oxygen atoms in total. The fraction of sp³-hybridized carbons (Fsp3) is 0.250. The number of carbonyl (C=O) groups excluding carboxylic acids is 2. The maximum absolute atomic E-state index is 13.2. The van der Waals surface area contributed by atoms with Gasteiger partial charge in [-0.15, -0.1) is 0 Å². The molecule has 1 N–H and O–H groups in total. The van der Waals surface area contributed by atoms with E-state index in [-0.39, 0.29) is 23.7 Å². The maximum atomic E-state index is 13.2. The van der Waals surface area contributed by atoms with E-state index in [2.05, 4.69) is 4.72 Å². The molecule has 1 fully saturated rings. The first-order valence-corrected chi connectivity index (χ1v) is 12.0. The summed E-state index contributed by atoms with van der Waals surface area (Å²) in [6, 6.07) is 17.6. The Balaban J connectivity index is 1.54. The lowest BCUT2D eigenvalue weighted by molar-refractivity contribution is -0.129. The van der Waals surface area contributed by atoms with E-state index in [1.807, 2.05) is 37.3 Å². The second kappa shape index (κ2) is 9.60. The fourth-order valence-electron chi connectivity index (χ4n) is 3.74. The van der Waals surface area contributed by atoms with Gasteiger partial charge in [-0.2, -0.15) is 4.72 Å². The average molecular weight is 469 g/mol. The number of hydrogen-bond donors (Lipinski definition) is 1. The van der Waals surface area contributed by atoms with Gasteiger partial charge in [-0.1, -0.05) is 48.0 Å². The van der Waals surface area contributed by atoms with E-state index in [1.54, 1.807) is 24.3 Å². The molecule has 3 aromatic rings. The molecule has 2 heterocycles. The summed E-state index contributed by atoms with van der Waals surface area (Å²) in [5, 5.41) is 0. The quantitative estimate of drug-likeness (QED) is 0.542. The lowest BCUT2D eigenvalue weighted by Gasteiger charge is -2.23. The van der Waals surface area contributed by atoms with Crippen LogP contribution >= 0.6 is 0 Å². The predicted molar refractivity (Wildman–Crippen MR) is 120 cm³/mol. The second-order valence-electron chi connectivity index (χ2n) is 7.89. The van der Waals surface area contributed by atoms with Crippen molar-refractivity contribution in [3.8, 4) is 0 Å². The Bertz CT molecular complexity index is 1210. The number of nitrogens with one attached hydrogen (secondary N) is 1. The molecule has 1 saturated heterocycles. The molecule has 0 saturated carbocycles. The smallest absolute Gasteiger partial charge is 0.416 e. The largest absolute Gasteiger partial charge is 0.468 e. The number of nitrogens with zero attached hydrogens (tertiary/aromatic N) is 1. The number of carbonyl (C=O) groups is 2. The topological polar surface area (TPSA) is 106 Å². The molecule has 2 amide bonds. The number of ether oxygens (including phenoxy) is 1. The van der Waals surface area contributed by atoms with Crippen LogP contribution in [-0.2, 0) is 26.0 Å². The van der Waals surface area contributed by atoms with Gasteiger partial charge in [-0.3, -0.25) is 4.79 Å². The minimum Gasteiger partial charge on any atom is -0.468 e. The number of cyclic esters (lactones) is 1. The van der Waals surface area contributed by atoms with E-state index in [0.717, 1.165) is 16.0 Å². The molecular formula is C24H24N2O6S. The van der Waals surface area contributed by atoms with Gasteiger partial charge in [0.05, 0.1) is 29.7 Å². The number of hydrogen-bond acceptors (Lipinski definition) is 6. The van der Waals surface area contributed by atoms with E-state index < -0.39 is 34.1 Å². The van der Waals surface area contributed by atoms with Crippen LogP contribution in [0.3, 0.4) is 0 Å². The summed E-state index contributed by atoms with van der Waals surface area (Å²) in [4.78, 5) is 26.7. The SMILES string of the molecule is Cc1ccc(S(=O)(=O)N[C@@H](CC(=O)N2C(=O)OC[C@@H]2Cc2ccccc2)c2ccco2)cc1. The standard InChI is InChI=1S/C24H24N2O6S/c1-17-9-11-20(12-10-17)33(29,30)25-21(22-8-5-13-31-22)15-23(27)26-19(16-32-24(26)28)14-18-6-3-2-4-7-18/h2-13,19,21,25H,14-16H2,1H3/t19-,21-/m0/s1. The van der Waals surface area contributed by atoms with E-state index in [9.17, 15) is 18.0 Å². The number of imide groups is 1. The zero-order chi connectivity index (χ0) is 23.4. The summed E-state index contributed by atoms with van der Waals surface area (Å²) in [6.45, 7) is 1.94. The zero-order valence-corrected chi connectivity index (χ0v) is 18.8. The Morgan fingerprint density at radius 1 is 1.09 bits per heavy atom. The molecule has 2 aromatic carbocycles. The first-order chi connectivity index (χ1) is 15.8. The Kier molecular flexibility index (Phi) is 6.62. The van der Waals surface area contributed by atoms with Crippen molar-refractivity contribution < 1.29 is 27.2 Å². The van der Waals surface area contributed by atoms with Gasteiger partial charge in [0.15, 0.2) is 0 Å². The number of aryl methyl sites for hydroxylation is 1. The van der Waals surface area contributed by atoms with Crippen molar-refractivity contribution in [2.24, 2.45) is 0 Å². The van der Waals surface area contributed by atoms with Gasteiger partial charge >= 0.3 is 6.09 Å². The second-order valence-corrected chi connectivity index (χ2v) is 9.60. The van der Waals surface area contributed by atoms with Crippen molar-refractivity contribution in [1.29, 1.82) is 0 Å². The number of amides is 2. The Labute approximate surface area is 192 Å². The molecule has 4 rings (SSSR count). The monoisotopic (exact) mass is 468 g/mol. The average Bonchev–Trinajstić information content (AvgIpc) is 3.44. The summed E-state index contributed by atoms with van der Waals surface area (Å²) in [7, 11) is -3.94. The van der Waals surface area contributed by atoms with Gasteiger partial charge in [-0.25, -0.2) is 18.1 Å². The van der Waals surface area contributed by atoms with E-state index in [0.29, 0.717) is 6.42 Å². The molecular weight excluding hydrogens is 444 g/mol. The van der Waals surface area contributed by atoms with Gasteiger partial charge < -0.3 is 9.15 Å². The van der Waals surface area contributed by atoms with Gasteiger partial charge in [0.2, 0.25) is 15.9 Å². The van der Waals surface area contributed by atoms with Crippen molar-refractivity contribution >= 4 is 22.0 Å². The first kappa shape index (κ1) is 22.8. The molecule has 0 bridgehead atoms. The highest BCUT2D eigenvalue weighted by atomic mass is 32.2. The summed E-state index contributed by atoms with van der Waals surface area (Å²) in [5.41, 5.74) is 1.88. The Hall–Kier alpha value is -3.43. The minimum atomic E-state index is -3.94. The predicted octanol–water partition coefficient (Wildman–Crippen LogP) is 3.59. The Morgan fingerprint density at radius 3 is 2.48 bits per heavy atom. The molecule has 0 unspecified atom stereocenters. The lowest BCUT2D eigenvalue weighted by Crippen LogP contribution is -2.42. The highest BCUT2D eigenvalue weighted by molar-refractivity contribution is 7.89. The maximum Gasteiger partial charge on any atom is 0.416 e. The van der Waals surface area contributed by atoms with E-state index in [4.69, 9.17) is 9.15 Å². The number of furan rings is 1. The van der Waals surface area contributed by atoms with Crippen LogP contribution in [0, 0.1) is 6.92 Å². The van der Waals surface area contributed by atoms with Crippen LogP contribution in [0.15, 0.2) is 82.3 Å². The van der Waals surface area contributed by atoms with Gasteiger partial charge in [0.1, 0.15) is 12.4 Å². The number of rotatable bonds is 8. The molecule has 0 spiro atoms. The normalized spacial score (nSPS) is 17.1. The molecule has 1 aliphatic rings. The van der Waals surface area contributed by atoms with E-state index >= 15 is 0 Å². The molecule has 33 heavy (non-hydrogen) atoms. The van der Waals surface area contributed by atoms with Crippen molar-refractivity contribution in [2.75, 3.05) is 6.61 Å². The number of sulfonamides is 1. The summed E-state index contributed by atoms with van der Waals surface area (Å²) < 4.78 is 39.0. The highest BCUT2D eigenvalue weighted by Gasteiger charge is 2.39. The summed E-state index contributed by atoms with van der Waals surface area (Å²) in [6.07, 6.45) is 0.799. The lowest BCUT2D eigenvalue weighted by atomic mass is 10.0. The summed E-state index contributed by atoms with van der Waals surface area (Å²) in [5.74, 6) is -0.280. The molecule has 1 aliphatic heterocycles. The first-order valence-electron chi connectivity index (χ1n) is 10.5. The van der Waals surface area contributed by atoms with Crippen LogP contribution in [0.5, 0.6) is 0 Å². The van der Waals surface area contributed by atoms with Crippen molar-refractivity contribution in [3.63, 3.8) is 0 Å². The molecule has 2 atom stereocenters. The third-order valence-electron chi connectivity index (χ3n) is 5.44. The van der Waals surface area contributed by atoms with Gasteiger partial charge in [0.25, 0.3) is 0 Å². The van der Waals surface area contributed by atoms with Crippen LogP contribution in [0.2, 0.25) is 0 Å². The molecule has 0 aliphatic carbocycles. The van der Waals surface area contributed by atoms with Crippen LogP contribution in [-0.4, -0.2) is 38.0 Å². The van der Waals surface area contributed by atoms with Crippen LogP contribution < -0.4 is 4.72 Å². The van der Waals surface area contributed by atoms with Crippen molar-refractivity contribution in [2.45, 2.75) is 36.7 Å². The van der Waals surface area contributed by atoms with Crippen molar-refractivity contribution in [1.82, 2.24) is 9.62 Å². The molecule has 172 valence electrons. The molecule has 0 radical (unpaired) electrons. The van der Waals surface area contributed by atoms with Crippen LogP contribution in [0.25, 0.3) is 0 Å². The molecule has 9 heteroatoms. The molecule has 1 aromatic heterocycles. The minimum absolute atomic E-state index is 0.0691. The Morgan fingerprint density at radius 2 is 1.82 bits per heavy atom. The zero-order valence-electron chi connectivity index (χ0n) is 18.0. The van der Waals surface area contributed by atoms with Gasteiger partial charge in [-0.05, 0) is 43.2 Å². The van der Waals surface area contributed by atoms with Gasteiger partial charge in [0, 0.05) is 0 Å². The van der Waals surface area contributed by atoms with Crippen molar-refractivity contribution in [3.05, 3.63) is 89.9 Å². The third kappa shape index (κ3) is 5.32. The van der Waals surface area contributed by atoms with E-state index in [1.165, 1.54) is 18.4 Å². The summed E-state index contributed by atoms with van der Waals surface area (Å²) >= 11 is 0. The third-order valence-corrected chi connectivity index (χ3v) is 6.93. The highest BCUT2D eigenvalue weighted by Crippen LogP contribution is 2.25. The fourth-order valence-corrected chi connectivity index (χ4v) is 4.94. The number of benzene rings is 2. The van der Waals surface area contributed by atoms with Crippen LogP contribution in [0.4, 0.5) is 4.79 Å². The van der Waals surface area contributed by atoms with Crippen LogP contribution in [0.1, 0.15) is 29.3 Å².